The number of hydrogen-bond acceptors (Lipinski definition) is 4. The van der Waals surface area contributed by atoms with Crippen LogP contribution in [0.5, 0.6) is 0 Å². The molecule has 1 aromatic heterocycles. The molecule has 2 aromatic rings. The van der Waals surface area contributed by atoms with Crippen molar-refractivity contribution in [1.82, 2.24) is 13.9 Å². The van der Waals surface area contributed by atoms with Crippen LogP contribution in [-0.4, -0.2) is 53.6 Å². The zero-order chi connectivity index (χ0) is 17.7. The molecule has 0 aliphatic carbocycles. The molecular formula is C17H25N3O2S2. The van der Waals surface area contributed by atoms with Gasteiger partial charge in [0.25, 0.3) is 0 Å². The molecule has 0 bridgehead atoms. The molecule has 0 saturated carbocycles. The van der Waals surface area contributed by atoms with E-state index in [0.29, 0.717) is 11.8 Å². The summed E-state index contributed by atoms with van der Waals surface area (Å²) in [6.07, 6.45) is 4.70. The average molecular weight is 368 g/mol. The number of imidazole rings is 1. The summed E-state index contributed by atoms with van der Waals surface area (Å²) in [6.45, 7) is 2.59. The van der Waals surface area contributed by atoms with Crippen LogP contribution in [-0.2, 0) is 23.0 Å². The van der Waals surface area contributed by atoms with Gasteiger partial charge < -0.3 is 4.57 Å². The number of aromatic nitrogens is 2. The zero-order valence-electron chi connectivity index (χ0n) is 14.6. The summed E-state index contributed by atoms with van der Waals surface area (Å²) < 4.78 is 27.4. The predicted molar refractivity (Wildman–Crippen MR) is 102 cm³/mol. The lowest BCUT2D eigenvalue weighted by atomic mass is 10.1. The Labute approximate surface area is 149 Å². The Morgan fingerprint density at radius 1 is 1.25 bits per heavy atom. The molecule has 1 heterocycles. The number of hydrogen-bond donors (Lipinski definition) is 0. The summed E-state index contributed by atoms with van der Waals surface area (Å²) in [5, 5.41) is 0.438. The maximum atomic E-state index is 12.1. The fourth-order valence-corrected chi connectivity index (χ4v) is 3.52. The lowest BCUT2D eigenvalue weighted by Crippen LogP contribution is -2.27. The molecule has 0 aliphatic heterocycles. The largest absolute Gasteiger partial charge is 0.333 e. The van der Waals surface area contributed by atoms with E-state index in [2.05, 4.69) is 18.2 Å². The second kappa shape index (κ2) is 8.18. The normalized spacial score (nSPS) is 13.4. The fourth-order valence-electron chi connectivity index (χ4n) is 2.40. The van der Waals surface area contributed by atoms with E-state index in [-0.39, 0.29) is 5.75 Å². The van der Waals surface area contributed by atoms with Crippen LogP contribution >= 0.6 is 11.8 Å². The molecule has 0 saturated heterocycles. The van der Waals surface area contributed by atoms with Crippen molar-refractivity contribution in [3.8, 4) is 11.3 Å². The van der Waals surface area contributed by atoms with E-state index in [1.165, 1.54) is 4.31 Å². The third-order valence-electron chi connectivity index (χ3n) is 4.02. The first kappa shape index (κ1) is 19.0. The van der Waals surface area contributed by atoms with Gasteiger partial charge in [0.1, 0.15) is 0 Å². The van der Waals surface area contributed by atoms with Crippen LogP contribution in [0.2, 0.25) is 0 Å². The molecule has 5 nitrogen and oxygen atoms in total. The SMILES string of the molecule is CSC(C)Cc1c(-c2ccccc2)ncn1CCS(=O)(=O)N(C)C. The summed E-state index contributed by atoms with van der Waals surface area (Å²) in [5.41, 5.74) is 3.10. The van der Waals surface area contributed by atoms with E-state index in [4.69, 9.17) is 0 Å². The molecule has 0 fully saturated rings. The summed E-state index contributed by atoms with van der Waals surface area (Å²) in [7, 11) is -0.0934. The van der Waals surface area contributed by atoms with Crippen molar-refractivity contribution < 1.29 is 8.42 Å². The van der Waals surface area contributed by atoms with Crippen molar-refractivity contribution in [2.45, 2.75) is 25.1 Å². The number of benzene rings is 1. The predicted octanol–water partition coefficient (Wildman–Crippen LogP) is 2.74. The maximum Gasteiger partial charge on any atom is 0.215 e. The zero-order valence-corrected chi connectivity index (χ0v) is 16.3. The Kier molecular flexibility index (Phi) is 6.48. The topological polar surface area (TPSA) is 55.2 Å². The van der Waals surface area contributed by atoms with Crippen LogP contribution in [0.1, 0.15) is 12.6 Å². The highest BCUT2D eigenvalue weighted by Crippen LogP contribution is 2.25. The first-order valence-electron chi connectivity index (χ1n) is 7.87. The molecule has 1 atom stereocenters. The molecule has 0 N–H and O–H groups in total. The highest BCUT2D eigenvalue weighted by atomic mass is 32.2. The summed E-state index contributed by atoms with van der Waals surface area (Å²) in [4.78, 5) is 4.56. The molecule has 7 heteroatoms. The Morgan fingerprint density at radius 3 is 2.50 bits per heavy atom. The number of thioether (sulfide) groups is 1. The van der Waals surface area contributed by atoms with Crippen LogP contribution in [0, 0.1) is 0 Å². The van der Waals surface area contributed by atoms with Gasteiger partial charge in [0.15, 0.2) is 0 Å². The van der Waals surface area contributed by atoms with Crippen molar-refractivity contribution in [2.24, 2.45) is 0 Å². The molecule has 2 rings (SSSR count). The lowest BCUT2D eigenvalue weighted by Gasteiger charge is -2.15. The summed E-state index contributed by atoms with van der Waals surface area (Å²) in [5.74, 6) is 0.0746. The minimum Gasteiger partial charge on any atom is -0.333 e. The van der Waals surface area contributed by atoms with Crippen LogP contribution in [0.4, 0.5) is 0 Å². The van der Waals surface area contributed by atoms with Gasteiger partial charge in [0.05, 0.1) is 17.8 Å². The maximum absolute atomic E-state index is 12.1. The Hall–Kier alpha value is -1.31. The molecule has 24 heavy (non-hydrogen) atoms. The van der Waals surface area contributed by atoms with Crippen molar-refractivity contribution in [3.05, 3.63) is 42.4 Å². The first-order chi connectivity index (χ1) is 11.3. The lowest BCUT2D eigenvalue weighted by molar-refractivity contribution is 0.514. The van der Waals surface area contributed by atoms with Crippen molar-refractivity contribution in [3.63, 3.8) is 0 Å². The molecule has 132 valence electrons. The highest BCUT2D eigenvalue weighted by molar-refractivity contribution is 7.99. The van der Waals surface area contributed by atoms with Crippen LogP contribution in [0.15, 0.2) is 36.7 Å². The summed E-state index contributed by atoms with van der Waals surface area (Å²) in [6, 6.07) is 10.0. The van der Waals surface area contributed by atoms with Gasteiger partial charge in [0.2, 0.25) is 10.0 Å². The quantitative estimate of drug-likeness (QED) is 0.720. The monoisotopic (exact) mass is 367 g/mol. The molecule has 0 aliphatic rings. The number of sulfonamides is 1. The van der Waals surface area contributed by atoms with E-state index in [1.807, 2.05) is 34.9 Å². The van der Waals surface area contributed by atoms with Crippen LogP contribution in [0.3, 0.4) is 0 Å². The van der Waals surface area contributed by atoms with Crippen LogP contribution in [0.25, 0.3) is 11.3 Å². The average Bonchev–Trinajstić information content (AvgIpc) is 2.96. The Balaban J connectivity index is 2.32. The van der Waals surface area contributed by atoms with Gasteiger partial charge in [-0.3, -0.25) is 0 Å². The van der Waals surface area contributed by atoms with Crippen LogP contribution < -0.4 is 0 Å². The molecular weight excluding hydrogens is 342 g/mol. The van der Waals surface area contributed by atoms with E-state index >= 15 is 0 Å². The smallest absolute Gasteiger partial charge is 0.215 e. The van der Waals surface area contributed by atoms with Gasteiger partial charge in [-0.05, 0) is 6.26 Å². The van der Waals surface area contributed by atoms with Gasteiger partial charge >= 0.3 is 0 Å². The number of nitrogens with zero attached hydrogens (tertiary/aromatic N) is 3. The highest BCUT2D eigenvalue weighted by Gasteiger charge is 2.18. The second-order valence-corrected chi connectivity index (χ2v) is 9.53. The molecule has 0 radical (unpaired) electrons. The first-order valence-corrected chi connectivity index (χ1v) is 10.8. The molecule has 0 amide bonds. The Morgan fingerprint density at radius 2 is 1.92 bits per heavy atom. The van der Waals surface area contributed by atoms with Crippen molar-refractivity contribution in [2.75, 3.05) is 26.1 Å². The number of aryl methyl sites for hydroxylation is 1. The fraction of sp³-hybridized carbons (Fsp3) is 0.471. The van der Waals surface area contributed by atoms with Gasteiger partial charge in [-0.2, -0.15) is 11.8 Å². The third kappa shape index (κ3) is 4.62. The minimum absolute atomic E-state index is 0.0746. The molecule has 0 spiro atoms. The Bertz CT molecular complexity index is 755. The van der Waals surface area contributed by atoms with Gasteiger partial charge in [-0.25, -0.2) is 17.7 Å². The van der Waals surface area contributed by atoms with Gasteiger partial charge in [-0.1, -0.05) is 37.3 Å². The van der Waals surface area contributed by atoms with E-state index < -0.39 is 10.0 Å². The number of rotatable bonds is 8. The van der Waals surface area contributed by atoms with Crippen molar-refractivity contribution in [1.29, 1.82) is 0 Å². The van der Waals surface area contributed by atoms with E-state index in [0.717, 1.165) is 23.4 Å². The molecule has 1 aromatic carbocycles. The molecule has 1 unspecified atom stereocenters. The third-order valence-corrected chi connectivity index (χ3v) is 6.81. The minimum atomic E-state index is -3.22. The van der Waals surface area contributed by atoms with Gasteiger partial charge in [0, 0.05) is 43.6 Å². The second-order valence-electron chi connectivity index (χ2n) is 5.95. The standard InChI is InChI=1S/C17H25N3O2S2/c1-14(23-4)12-16-17(15-8-6-5-7-9-15)18-13-20(16)10-11-24(21,22)19(2)3/h5-9,13-14H,10-12H2,1-4H3. The summed E-state index contributed by atoms with van der Waals surface area (Å²) >= 11 is 1.80. The van der Waals surface area contributed by atoms with Gasteiger partial charge in [-0.15, -0.1) is 0 Å². The van der Waals surface area contributed by atoms with E-state index in [9.17, 15) is 8.42 Å². The van der Waals surface area contributed by atoms with Crippen molar-refractivity contribution >= 4 is 21.8 Å². The van der Waals surface area contributed by atoms with E-state index in [1.54, 1.807) is 32.2 Å².